The fraction of sp³-hybridized carbons (Fsp3) is 0.256. The number of nitrogens with zero attached hydrogens (tertiary/aromatic N) is 5. The minimum absolute atomic E-state index is 0.0898. The zero-order valence-corrected chi connectivity index (χ0v) is 30.4. The highest BCUT2D eigenvalue weighted by atomic mass is 16.6. The first kappa shape index (κ1) is 35.0. The van der Waals surface area contributed by atoms with Crippen molar-refractivity contribution in [2.24, 2.45) is 0 Å². The van der Waals surface area contributed by atoms with Crippen LogP contribution in [0.5, 0.6) is 0 Å². The minimum Gasteiger partial charge on any atom is -0.444 e. The predicted molar refractivity (Wildman–Crippen MR) is 206 cm³/mol. The van der Waals surface area contributed by atoms with Gasteiger partial charge in [-0.05, 0) is 60.3 Å². The monoisotopic (exact) mass is 721 g/mol. The Hall–Kier alpha value is -6.04. The molecule has 2 N–H and O–H groups in total. The van der Waals surface area contributed by atoms with Crippen LogP contribution in [0.15, 0.2) is 122 Å². The highest BCUT2D eigenvalue weighted by Crippen LogP contribution is 2.35. The Kier molecular flexibility index (Phi) is 10.1. The minimum atomic E-state index is -0.438. The number of aromatic amines is 2. The molecule has 4 heterocycles. The lowest BCUT2D eigenvalue weighted by Gasteiger charge is -2.31. The van der Waals surface area contributed by atoms with Crippen molar-refractivity contribution in [3.8, 4) is 33.6 Å². The van der Waals surface area contributed by atoms with Gasteiger partial charge >= 0.3 is 6.09 Å². The Morgan fingerprint density at radius 3 is 1.91 bits per heavy atom. The second-order valence-corrected chi connectivity index (χ2v) is 14.0. The van der Waals surface area contributed by atoms with E-state index in [1.807, 2.05) is 90.8 Å². The molecule has 6 aromatic rings. The summed E-state index contributed by atoms with van der Waals surface area (Å²) in [4.78, 5) is 48.6. The number of imidazole rings is 2. The summed E-state index contributed by atoms with van der Waals surface area (Å²) in [6.45, 7) is 1.40. The molecule has 274 valence electrons. The molecule has 0 saturated carbocycles. The molecule has 2 aromatic heterocycles. The van der Waals surface area contributed by atoms with Gasteiger partial charge in [0.05, 0.1) is 36.4 Å². The number of ether oxygens (including phenoxy) is 2. The molecule has 2 aliphatic rings. The molecule has 4 aromatic carbocycles. The molecule has 0 radical (unpaired) electrons. The topological polar surface area (TPSA) is 120 Å². The first-order chi connectivity index (χ1) is 26.4. The maximum Gasteiger partial charge on any atom is 0.412 e. The van der Waals surface area contributed by atoms with Gasteiger partial charge in [-0.1, -0.05) is 109 Å². The summed E-state index contributed by atoms with van der Waals surface area (Å²) < 4.78 is 11.2. The van der Waals surface area contributed by atoms with Gasteiger partial charge in [0.1, 0.15) is 37.1 Å². The summed E-state index contributed by atoms with van der Waals surface area (Å²) >= 11 is 0. The van der Waals surface area contributed by atoms with Gasteiger partial charge in [0.15, 0.2) is 0 Å². The number of likely N-dealkylation sites (tertiary alicyclic amines) is 1. The SMILES string of the molecule is CN(C)[C@@H](C(=O)N1CCC[C@H]1c1ncc(-c2ccc(-c3ccc(-c4cnc([C@@H]5COCN5C(=O)OCc5ccccc5)[nH]4)cc3)cc2)[nH]1)c1ccccc1. The lowest BCUT2D eigenvalue weighted by molar-refractivity contribution is -0.137. The van der Waals surface area contributed by atoms with Gasteiger partial charge in [-0.25, -0.2) is 14.8 Å². The van der Waals surface area contributed by atoms with E-state index in [9.17, 15) is 9.59 Å². The van der Waals surface area contributed by atoms with E-state index in [2.05, 4.69) is 63.5 Å². The predicted octanol–water partition coefficient (Wildman–Crippen LogP) is 7.77. The van der Waals surface area contributed by atoms with Crippen molar-refractivity contribution in [2.45, 2.75) is 37.6 Å². The molecular formula is C43H43N7O4. The highest BCUT2D eigenvalue weighted by molar-refractivity contribution is 5.84. The number of rotatable bonds is 10. The molecule has 2 aliphatic heterocycles. The molecular weight excluding hydrogens is 679 g/mol. The second-order valence-electron chi connectivity index (χ2n) is 14.0. The molecule has 11 heteroatoms. The number of aromatic nitrogens is 4. The van der Waals surface area contributed by atoms with Crippen LogP contribution in [0.3, 0.4) is 0 Å². The Morgan fingerprint density at radius 1 is 0.759 bits per heavy atom. The fourth-order valence-corrected chi connectivity index (χ4v) is 7.41. The molecule has 0 bridgehead atoms. The van der Waals surface area contributed by atoms with E-state index in [-0.39, 0.29) is 37.4 Å². The van der Waals surface area contributed by atoms with Crippen molar-refractivity contribution < 1.29 is 19.1 Å². The van der Waals surface area contributed by atoms with Crippen molar-refractivity contribution in [3.05, 3.63) is 144 Å². The smallest absolute Gasteiger partial charge is 0.412 e. The van der Waals surface area contributed by atoms with Crippen molar-refractivity contribution in [2.75, 3.05) is 34.0 Å². The molecule has 2 fully saturated rings. The number of H-pyrrole nitrogens is 2. The van der Waals surface area contributed by atoms with Gasteiger partial charge < -0.3 is 24.3 Å². The maximum atomic E-state index is 13.9. The molecule has 2 amide bonds. The first-order valence-corrected chi connectivity index (χ1v) is 18.3. The number of likely N-dealkylation sites (N-methyl/N-ethyl adjacent to an activating group) is 1. The number of hydrogen-bond acceptors (Lipinski definition) is 7. The van der Waals surface area contributed by atoms with Crippen molar-refractivity contribution in [1.82, 2.24) is 34.6 Å². The lowest BCUT2D eigenvalue weighted by Crippen LogP contribution is -2.40. The summed E-state index contributed by atoms with van der Waals surface area (Å²) in [7, 11) is 3.91. The Bertz CT molecular complexity index is 2180. The molecule has 0 aliphatic carbocycles. The van der Waals surface area contributed by atoms with Crippen LogP contribution in [0.1, 0.15) is 53.7 Å². The first-order valence-electron chi connectivity index (χ1n) is 18.3. The summed E-state index contributed by atoms with van der Waals surface area (Å²) in [6, 6.07) is 35.5. The number of carbonyl (C=O) groups excluding carboxylic acids is 2. The van der Waals surface area contributed by atoms with Gasteiger partial charge in [0.2, 0.25) is 5.91 Å². The lowest BCUT2D eigenvalue weighted by atomic mass is 10.0. The largest absolute Gasteiger partial charge is 0.444 e. The van der Waals surface area contributed by atoms with E-state index in [1.165, 1.54) is 0 Å². The van der Waals surface area contributed by atoms with E-state index in [0.29, 0.717) is 19.0 Å². The maximum absolute atomic E-state index is 13.9. The molecule has 0 spiro atoms. The van der Waals surface area contributed by atoms with Crippen LogP contribution < -0.4 is 0 Å². The number of benzene rings is 4. The van der Waals surface area contributed by atoms with Gasteiger partial charge in [-0.3, -0.25) is 14.6 Å². The molecule has 3 atom stereocenters. The van der Waals surface area contributed by atoms with E-state index >= 15 is 0 Å². The number of carbonyl (C=O) groups is 2. The van der Waals surface area contributed by atoms with Crippen LogP contribution in [0.4, 0.5) is 4.79 Å². The average Bonchev–Trinajstić information content (AvgIpc) is 4.05. The normalized spacial score (nSPS) is 17.6. The average molecular weight is 722 g/mol. The van der Waals surface area contributed by atoms with Crippen LogP contribution in [-0.4, -0.2) is 80.6 Å². The van der Waals surface area contributed by atoms with Crippen LogP contribution in [0, 0.1) is 0 Å². The third-order valence-electron chi connectivity index (χ3n) is 10.3. The van der Waals surface area contributed by atoms with Gasteiger partial charge in [0, 0.05) is 6.54 Å². The van der Waals surface area contributed by atoms with Crippen molar-refractivity contribution in [1.29, 1.82) is 0 Å². The standard InChI is InChI=1S/C43H43N7O4/c1-48(2)39(34-12-7-4-8-13-34)42(51)49-23-9-14-37(49)40-44-24-35(46-40)32-19-15-30(16-20-32)31-17-21-33(22-18-31)36-25-45-41(47-36)38-27-53-28-50(38)43(52)54-26-29-10-5-3-6-11-29/h3-8,10-13,15-22,24-25,37-39H,9,14,23,26-28H2,1-2H3,(H,44,46)(H,45,47)/t37-,38-,39+/m0/s1. The summed E-state index contributed by atoms with van der Waals surface area (Å²) in [5.74, 6) is 1.57. The quantitative estimate of drug-likeness (QED) is 0.148. The van der Waals surface area contributed by atoms with Crippen LogP contribution in [0.25, 0.3) is 33.6 Å². The third-order valence-corrected chi connectivity index (χ3v) is 10.3. The number of hydrogen-bond donors (Lipinski definition) is 2. The molecule has 11 nitrogen and oxygen atoms in total. The fourth-order valence-electron chi connectivity index (χ4n) is 7.41. The van der Waals surface area contributed by atoms with Gasteiger partial charge in [-0.15, -0.1) is 0 Å². The molecule has 54 heavy (non-hydrogen) atoms. The number of nitrogens with one attached hydrogen (secondary N) is 2. The Morgan fingerprint density at radius 2 is 1.31 bits per heavy atom. The summed E-state index contributed by atoms with van der Waals surface area (Å²) in [5.41, 5.74) is 7.87. The molecule has 8 rings (SSSR count). The van der Waals surface area contributed by atoms with Gasteiger partial charge in [0.25, 0.3) is 0 Å². The molecule has 0 unspecified atom stereocenters. The zero-order valence-electron chi connectivity index (χ0n) is 30.4. The van der Waals surface area contributed by atoms with Crippen LogP contribution in [0.2, 0.25) is 0 Å². The summed E-state index contributed by atoms with van der Waals surface area (Å²) in [5, 5.41) is 0. The van der Waals surface area contributed by atoms with Crippen LogP contribution >= 0.6 is 0 Å². The molecule has 2 saturated heterocycles. The van der Waals surface area contributed by atoms with Gasteiger partial charge in [-0.2, -0.15) is 0 Å². The Balaban J connectivity index is 0.908. The van der Waals surface area contributed by atoms with E-state index in [1.54, 1.807) is 11.1 Å². The zero-order chi connectivity index (χ0) is 37.0. The van der Waals surface area contributed by atoms with Crippen molar-refractivity contribution in [3.63, 3.8) is 0 Å². The van der Waals surface area contributed by atoms with E-state index in [0.717, 1.165) is 63.4 Å². The highest BCUT2D eigenvalue weighted by Gasteiger charge is 2.37. The summed E-state index contributed by atoms with van der Waals surface area (Å²) in [6.07, 6.45) is 5.03. The Labute approximate surface area is 314 Å². The van der Waals surface area contributed by atoms with Crippen LogP contribution in [-0.2, 0) is 20.9 Å². The second kappa shape index (κ2) is 15.5. The number of amides is 2. The van der Waals surface area contributed by atoms with Crippen molar-refractivity contribution >= 4 is 12.0 Å². The third kappa shape index (κ3) is 7.28. The van der Waals surface area contributed by atoms with E-state index < -0.39 is 6.09 Å². The van der Waals surface area contributed by atoms with E-state index in [4.69, 9.17) is 14.5 Å².